The maximum atomic E-state index is 12.8. The van der Waals surface area contributed by atoms with Crippen LogP contribution in [-0.4, -0.2) is 53.2 Å². The van der Waals surface area contributed by atoms with Crippen LogP contribution >= 0.6 is 0 Å². The minimum atomic E-state index is -0.102. The third-order valence-corrected chi connectivity index (χ3v) is 7.20. The van der Waals surface area contributed by atoms with Crippen molar-refractivity contribution in [3.05, 3.63) is 126 Å². The lowest BCUT2D eigenvalue weighted by molar-refractivity contribution is -0.114. The summed E-state index contributed by atoms with van der Waals surface area (Å²) in [6.07, 6.45) is 3.64. The van der Waals surface area contributed by atoms with Crippen LogP contribution < -0.4 is 15.5 Å². The van der Waals surface area contributed by atoms with Crippen molar-refractivity contribution in [3.8, 4) is 0 Å². The molecular formula is C35H36N6O2. The van der Waals surface area contributed by atoms with Crippen LogP contribution in [-0.2, 0) is 17.9 Å². The number of carbonyl (C=O) groups excluding carboxylic acids is 2. The number of amides is 1. The summed E-state index contributed by atoms with van der Waals surface area (Å²) in [7, 11) is 1.89. The fourth-order valence-electron chi connectivity index (χ4n) is 4.88. The predicted molar refractivity (Wildman–Crippen MR) is 173 cm³/mol. The molecule has 0 unspecified atom stereocenters. The number of ketones is 1. The Labute approximate surface area is 252 Å². The van der Waals surface area contributed by atoms with Gasteiger partial charge in [0.05, 0.1) is 17.9 Å². The summed E-state index contributed by atoms with van der Waals surface area (Å²) in [5, 5.41) is 8.49. The lowest BCUT2D eigenvalue weighted by Gasteiger charge is -2.22. The molecule has 5 aromatic rings. The minimum Gasteiger partial charge on any atom is -0.384 e. The Hall–Kier alpha value is -5.08. The summed E-state index contributed by atoms with van der Waals surface area (Å²) in [5.74, 6) is -0.0571. The number of pyridine rings is 2. The molecule has 0 aliphatic heterocycles. The Kier molecular flexibility index (Phi) is 9.71. The average molecular weight is 573 g/mol. The fourth-order valence-corrected chi connectivity index (χ4v) is 4.88. The number of aromatic nitrogens is 2. The molecule has 0 saturated heterocycles. The van der Waals surface area contributed by atoms with Crippen molar-refractivity contribution in [2.75, 3.05) is 42.2 Å². The van der Waals surface area contributed by atoms with Crippen LogP contribution in [0.15, 0.2) is 109 Å². The SMILES string of the molecule is CC(=O)c1ccc2cc(N(C)CC(=O)Nc3ccc(NCCN(Cc4ccccn4)Cc4ccccn4)cc3)ccc2c1. The topological polar surface area (TPSA) is 90.5 Å². The lowest BCUT2D eigenvalue weighted by Crippen LogP contribution is -2.30. The molecule has 0 saturated carbocycles. The van der Waals surface area contributed by atoms with Gasteiger partial charge in [-0.2, -0.15) is 0 Å². The smallest absolute Gasteiger partial charge is 0.243 e. The maximum Gasteiger partial charge on any atom is 0.243 e. The van der Waals surface area contributed by atoms with E-state index in [1.807, 2.05) is 121 Å². The second-order valence-electron chi connectivity index (χ2n) is 10.6. The van der Waals surface area contributed by atoms with Crippen LogP contribution in [0, 0.1) is 0 Å². The highest BCUT2D eigenvalue weighted by Crippen LogP contribution is 2.23. The molecule has 1 amide bonds. The van der Waals surface area contributed by atoms with Crippen molar-refractivity contribution in [3.63, 3.8) is 0 Å². The average Bonchev–Trinajstić information content (AvgIpc) is 3.02. The Morgan fingerprint density at radius 1 is 0.744 bits per heavy atom. The minimum absolute atomic E-state index is 0.0448. The van der Waals surface area contributed by atoms with Gasteiger partial charge in [-0.05, 0) is 84.4 Å². The van der Waals surface area contributed by atoms with Gasteiger partial charge >= 0.3 is 0 Å². The summed E-state index contributed by atoms with van der Waals surface area (Å²) in [4.78, 5) is 37.7. The van der Waals surface area contributed by atoms with E-state index in [-0.39, 0.29) is 18.2 Å². The molecule has 8 heteroatoms. The number of Topliss-reactive ketones (excluding diaryl/α,β-unsaturated/α-hetero) is 1. The molecule has 0 fully saturated rings. The van der Waals surface area contributed by atoms with Crippen molar-refractivity contribution in [1.82, 2.24) is 14.9 Å². The second kappa shape index (κ2) is 14.2. The van der Waals surface area contributed by atoms with Gasteiger partial charge < -0.3 is 15.5 Å². The molecule has 2 aromatic heterocycles. The second-order valence-corrected chi connectivity index (χ2v) is 10.6. The van der Waals surface area contributed by atoms with Crippen LogP contribution in [0.2, 0.25) is 0 Å². The molecule has 0 aliphatic carbocycles. The van der Waals surface area contributed by atoms with Crippen molar-refractivity contribution in [2.24, 2.45) is 0 Å². The molecule has 5 rings (SSSR count). The van der Waals surface area contributed by atoms with Gasteiger partial charge in [-0.15, -0.1) is 0 Å². The first-order valence-corrected chi connectivity index (χ1v) is 14.3. The quantitative estimate of drug-likeness (QED) is 0.167. The van der Waals surface area contributed by atoms with E-state index in [4.69, 9.17) is 0 Å². The van der Waals surface area contributed by atoms with Gasteiger partial charge in [0, 0.05) is 68.2 Å². The van der Waals surface area contributed by atoms with E-state index >= 15 is 0 Å². The van der Waals surface area contributed by atoms with Gasteiger partial charge in [-0.25, -0.2) is 0 Å². The van der Waals surface area contributed by atoms with Crippen molar-refractivity contribution < 1.29 is 9.59 Å². The Morgan fingerprint density at radius 2 is 1.37 bits per heavy atom. The van der Waals surface area contributed by atoms with Gasteiger partial charge in [0.2, 0.25) is 5.91 Å². The van der Waals surface area contributed by atoms with Crippen LogP contribution in [0.25, 0.3) is 10.8 Å². The number of hydrogen-bond donors (Lipinski definition) is 2. The van der Waals surface area contributed by atoms with Crippen LogP contribution in [0.5, 0.6) is 0 Å². The number of nitrogens with one attached hydrogen (secondary N) is 2. The monoisotopic (exact) mass is 572 g/mol. The normalized spacial score (nSPS) is 11.0. The molecule has 2 heterocycles. The molecular weight excluding hydrogens is 536 g/mol. The lowest BCUT2D eigenvalue weighted by atomic mass is 10.0. The zero-order valence-electron chi connectivity index (χ0n) is 24.5. The molecule has 3 aromatic carbocycles. The summed E-state index contributed by atoms with van der Waals surface area (Å²) in [6.45, 7) is 4.80. The van der Waals surface area contributed by atoms with Crippen LogP contribution in [0.1, 0.15) is 28.7 Å². The first-order valence-electron chi connectivity index (χ1n) is 14.3. The van der Waals surface area contributed by atoms with E-state index in [0.717, 1.165) is 65.4 Å². The summed E-state index contributed by atoms with van der Waals surface area (Å²) < 4.78 is 0. The highest BCUT2D eigenvalue weighted by molar-refractivity contribution is 5.99. The summed E-state index contributed by atoms with van der Waals surface area (Å²) in [5.41, 5.74) is 5.39. The van der Waals surface area contributed by atoms with Gasteiger partial charge in [-0.3, -0.25) is 24.5 Å². The molecule has 43 heavy (non-hydrogen) atoms. The molecule has 0 atom stereocenters. The number of rotatable bonds is 13. The third-order valence-electron chi connectivity index (χ3n) is 7.20. The zero-order valence-corrected chi connectivity index (χ0v) is 24.5. The number of likely N-dealkylation sites (N-methyl/N-ethyl adjacent to an activating group) is 1. The molecule has 0 radical (unpaired) electrons. The molecule has 0 spiro atoms. The van der Waals surface area contributed by atoms with E-state index in [1.54, 1.807) is 6.92 Å². The number of fused-ring (bicyclic) bond motifs is 1. The highest BCUT2D eigenvalue weighted by atomic mass is 16.2. The number of hydrogen-bond acceptors (Lipinski definition) is 7. The van der Waals surface area contributed by atoms with E-state index in [0.29, 0.717) is 5.56 Å². The molecule has 8 nitrogen and oxygen atoms in total. The fraction of sp³-hybridized carbons (Fsp3) is 0.200. The number of benzene rings is 3. The molecule has 218 valence electrons. The van der Waals surface area contributed by atoms with E-state index < -0.39 is 0 Å². The number of nitrogens with zero attached hydrogens (tertiary/aromatic N) is 4. The maximum absolute atomic E-state index is 12.8. The van der Waals surface area contributed by atoms with Gasteiger partial charge in [0.25, 0.3) is 0 Å². The largest absolute Gasteiger partial charge is 0.384 e. The standard InChI is InChI=1S/C35H36N6O2/c1-26(42)27-9-10-29-22-34(16-11-28(29)21-27)40(2)25-35(43)39-31-14-12-30(13-15-31)38-19-20-41(23-32-7-3-5-17-36-32)24-33-8-4-6-18-37-33/h3-18,21-22,38H,19-20,23-25H2,1-2H3,(H,39,43). The summed E-state index contributed by atoms with van der Waals surface area (Å²) >= 11 is 0. The first kappa shape index (κ1) is 29.4. The van der Waals surface area contributed by atoms with Crippen LogP contribution in [0.3, 0.4) is 0 Å². The highest BCUT2D eigenvalue weighted by Gasteiger charge is 2.11. The molecule has 0 aliphatic rings. The van der Waals surface area contributed by atoms with Crippen molar-refractivity contribution >= 4 is 39.5 Å². The Bertz CT molecular complexity index is 1620. The Morgan fingerprint density at radius 3 is 2.00 bits per heavy atom. The van der Waals surface area contributed by atoms with E-state index in [1.165, 1.54) is 0 Å². The van der Waals surface area contributed by atoms with Crippen molar-refractivity contribution in [2.45, 2.75) is 20.0 Å². The van der Waals surface area contributed by atoms with E-state index in [2.05, 4.69) is 25.5 Å². The van der Waals surface area contributed by atoms with Gasteiger partial charge in [-0.1, -0.05) is 30.3 Å². The number of anilines is 3. The third kappa shape index (κ3) is 8.47. The van der Waals surface area contributed by atoms with E-state index in [9.17, 15) is 9.59 Å². The van der Waals surface area contributed by atoms with Gasteiger partial charge in [0.15, 0.2) is 5.78 Å². The molecule has 2 N–H and O–H groups in total. The molecule has 0 bridgehead atoms. The van der Waals surface area contributed by atoms with Gasteiger partial charge in [0.1, 0.15) is 0 Å². The predicted octanol–water partition coefficient (Wildman–Crippen LogP) is 6.02. The Balaban J connectivity index is 1.11. The van der Waals surface area contributed by atoms with Crippen LogP contribution in [0.4, 0.5) is 17.1 Å². The zero-order chi connectivity index (χ0) is 30.0. The number of carbonyl (C=O) groups is 2. The first-order chi connectivity index (χ1) is 20.9. The van der Waals surface area contributed by atoms with Crippen molar-refractivity contribution in [1.29, 1.82) is 0 Å². The summed E-state index contributed by atoms with van der Waals surface area (Å²) in [6, 6.07) is 31.3.